The predicted octanol–water partition coefficient (Wildman–Crippen LogP) is 7.96. The van der Waals surface area contributed by atoms with E-state index in [1.807, 2.05) is 81.4 Å². The molecule has 1 heterocycles. The van der Waals surface area contributed by atoms with Crippen LogP contribution in [0.15, 0.2) is 91.0 Å². The Morgan fingerprint density at radius 1 is 0.850 bits per heavy atom. The number of esters is 1. The summed E-state index contributed by atoms with van der Waals surface area (Å²) in [5.74, 6) is -0.362. The minimum absolute atomic E-state index is 0.242. The molecule has 6 nitrogen and oxygen atoms in total. The van der Waals surface area contributed by atoms with Crippen LogP contribution in [-0.2, 0) is 4.79 Å². The molecule has 0 fully saturated rings. The SMILES string of the molecule is CC(=O)Oc1c(-c2ccc(NC(=O)c3ccc(Cl)cc3)cc2)c(-c2cccc(C)c2)nn1-c1cccc(C)c1C. The molecule has 0 atom stereocenters. The standard InChI is InChI=1S/C33H28ClN3O3/c1-20-7-5-9-26(19-20)31-30(33(40-23(4)38)37(36-31)29-10-6-8-21(2)22(29)3)24-13-17-28(18-14-24)35-32(39)25-11-15-27(34)16-12-25/h5-19H,1-4H3,(H,35,39). The van der Waals surface area contributed by atoms with Crippen molar-refractivity contribution in [3.63, 3.8) is 0 Å². The van der Waals surface area contributed by atoms with Crippen molar-refractivity contribution in [2.45, 2.75) is 27.7 Å². The van der Waals surface area contributed by atoms with Crippen LogP contribution < -0.4 is 10.1 Å². The van der Waals surface area contributed by atoms with Crippen molar-refractivity contribution in [3.8, 4) is 34.0 Å². The van der Waals surface area contributed by atoms with E-state index >= 15 is 0 Å². The molecule has 0 aliphatic heterocycles. The van der Waals surface area contributed by atoms with Gasteiger partial charge in [0, 0.05) is 28.8 Å². The van der Waals surface area contributed by atoms with Crippen LogP contribution in [-0.4, -0.2) is 21.7 Å². The van der Waals surface area contributed by atoms with Crippen LogP contribution in [0.4, 0.5) is 5.69 Å². The number of aryl methyl sites for hydroxylation is 2. The number of benzene rings is 4. The highest BCUT2D eigenvalue weighted by Crippen LogP contribution is 2.42. The molecule has 1 N–H and O–H groups in total. The fourth-order valence-corrected chi connectivity index (χ4v) is 4.67. The Labute approximate surface area is 238 Å². The van der Waals surface area contributed by atoms with Crippen LogP contribution in [0.1, 0.15) is 34.0 Å². The van der Waals surface area contributed by atoms with Crippen molar-refractivity contribution < 1.29 is 14.3 Å². The molecule has 200 valence electrons. The van der Waals surface area contributed by atoms with Crippen LogP contribution in [0.2, 0.25) is 5.02 Å². The largest absolute Gasteiger partial charge is 0.407 e. The Morgan fingerprint density at radius 3 is 2.23 bits per heavy atom. The number of carbonyl (C=O) groups is 2. The maximum Gasteiger partial charge on any atom is 0.309 e. The normalized spacial score (nSPS) is 10.8. The Balaban J connectivity index is 1.63. The Bertz CT molecular complexity index is 1720. The molecule has 0 spiro atoms. The van der Waals surface area contributed by atoms with E-state index in [0.717, 1.165) is 33.5 Å². The fraction of sp³-hybridized carbons (Fsp3) is 0.121. The molecule has 0 bridgehead atoms. The van der Waals surface area contributed by atoms with Gasteiger partial charge in [0.25, 0.3) is 5.91 Å². The lowest BCUT2D eigenvalue weighted by Gasteiger charge is -2.13. The molecule has 0 saturated heterocycles. The summed E-state index contributed by atoms with van der Waals surface area (Å²) in [6.45, 7) is 7.46. The molecule has 0 unspecified atom stereocenters. The number of nitrogens with one attached hydrogen (secondary N) is 1. The smallest absolute Gasteiger partial charge is 0.309 e. The second kappa shape index (κ2) is 11.2. The minimum Gasteiger partial charge on any atom is -0.407 e. The molecule has 1 aromatic heterocycles. The first-order valence-corrected chi connectivity index (χ1v) is 13.2. The summed E-state index contributed by atoms with van der Waals surface area (Å²) in [4.78, 5) is 25.1. The van der Waals surface area contributed by atoms with Crippen molar-refractivity contribution >= 4 is 29.2 Å². The van der Waals surface area contributed by atoms with Gasteiger partial charge >= 0.3 is 5.97 Å². The first-order chi connectivity index (χ1) is 19.2. The molecule has 0 aliphatic rings. The van der Waals surface area contributed by atoms with Gasteiger partial charge in [0.15, 0.2) is 0 Å². The Hall–Kier alpha value is -4.68. The predicted molar refractivity (Wildman–Crippen MR) is 159 cm³/mol. The number of amides is 1. The van der Waals surface area contributed by atoms with Gasteiger partial charge in [-0.15, -0.1) is 0 Å². The van der Waals surface area contributed by atoms with E-state index in [0.29, 0.717) is 33.4 Å². The summed E-state index contributed by atoms with van der Waals surface area (Å²) in [6, 6.07) is 28.1. The van der Waals surface area contributed by atoms with Crippen LogP contribution in [0.5, 0.6) is 5.88 Å². The number of hydrogen-bond acceptors (Lipinski definition) is 4. The summed E-state index contributed by atoms with van der Waals surface area (Å²) in [6.07, 6.45) is 0. The van der Waals surface area contributed by atoms with Gasteiger partial charge in [-0.1, -0.05) is 59.6 Å². The molecule has 40 heavy (non-hydrogen) atoms. The molecule has 0 aliphatic carbocycles. The van der Waals surface area contributed by atoms with E-state index in [-0.39, 0.29) is 5.91 Å². The van der Waals surface area contributed by atoms with E-state index in [4.69, 9.17) is 21.4 Å². The second-order valence-electron chi connectivity index (χ2n) is 9.66. The quantitative estimate of drug-likeness (QED) is 0.218. The zero-order chi connectivity index (χ0) is 28.4. The van der Waals surface area contributed by atoms with E-state index < -0.39 is 5.97 Å². The van der Waals surface area contributed by atoms with E-state index in [1.165, 1.54) is 6.92 Å². The third kappa shape index (κ3) is 5.53. The van der Waals surface area contributed by atoms with E-state index in [2.05, 4.69) is 11.4 Å². The average molecular weight is 550 g/mol. The van der Waals surface area contributed by atoms with Gasteiger partial charge in [0.05, 0.1) is 11.3 Å². The molecule has 1 amide bonds. The number of rotatable bonds is 6. The monoisotopic (exact) mass is 549 g/mol. The molecule has 0 saturated carbocycles. The number of carbonyl (C=O) groups excluding carboxylic acids is 2. The molecular weight excluding hydrogens is 522 g/mol. The van der Waals surface area contributed by atoms with Gasteiger partial charge in [0.1, 0.15) is 5.69 Å². The second-order valence-corrected chi connectivity index (χ2v) is 10.1. The number of hydrogen-bond donors (Lipinski definition) is 1. The first-order valence-electron chi connectivity index (χ1n) is 12.8. The maximum atomic E-state index is 12.7. The first kappa shape index (κ1) is 26.9. The molecular formula is C33H28ClN3O3. The van der Waals surface area contributed by atoms with Crippen molar-refractivity contribution in [1.82, 2.24) is 9.78 Å². The van der Waals surface area contributed by atoms with Gasteiger partial charge in [-0.2, -0.15) is 9.78 Å². The lowest BCUT2D eigenvalue weighted by molar-refractivity contribution is -0.132. The van der Waals surface area contributed by atoms with Gasteiger partial charge < -0.3 is 10.1 Å². The van der Waals surface area contributed by atoms with Gasteiger partial charge in [-0.25, -0.2) is 0 Å². The number of aromatic nitrogens is 2. The van der Waals surface area contributed by atoms with Gasteiger partial charge in [-0.3, -0.25) is 9.59 Å². The van der Waals surface area contributed by atoms with Crippen molar-refractivity contribution in [2.24, 2.45) is 0 Å². The van der Waals surface area contributed by atoms with Crippen LogP contribution >= 0.6 is 11.6 Å². The molecule has 7 heteroatoms. The molecule has 5 rings (SSSR count). The van der Waals surface area contributed by atoms with Crippen LogP contribution in [0.3, 0.4) is 0 Å². The van der Waals surface area contributed by atoms with Crippen LogP contribution in [0, 0.1) is 20.8 Å². The summed E-state index contributed by atoms with van der Waals surface area (Å²) in [5, 5.41) is 8.48. The molecule has 4 aromatic carbocycles. The lowest BCUT2D eigenvalue weighted by Crippen LogP contribution is -2.11. The van der Waals surface area contributed by atoms with Crippen molar-refractivity contribution in [2.75, 3.05) is 5.32 Å². The lowest BCUT2D eigenvalue weighted by atomic mass is 9.99. The summed E-state index contributed by atoms with van der Waals surface area (Å²) < 4.78 is 7.56. The maximum absolute atomic E-state index is 12.7. The third-order valence-corrected chi connectivity index (χ3v) is 6.97. The highest BCUT2D eigenvalue weighted by molar-refractivity contribution is 6.30. The number of nitrogens with zero attached hydrogens (tertiary/aromatic N) is 2. The topological polar surface area (TPSA) is 73.2 Å². The number of halogens is 1. The molecule has 0 radical (unpaired) electrons. The summed E-state index contributed by atoms with van der Waals surface area (Å²) in [5.41, 5.74) is 8.20. The van der Waals surface area contributed by atoms with Gasteiger partial charge in [-0.05, 0) is 86.0 Å². The van der Waals surface area contributed by atoms with Crippen molar-refractivity contribution in [3.05, 3.63) is 118 Å². The summed E-state index contributed by atoms with van der Waals surface area (Å²) in [7, 11) is 0. The Kier molecular flexibility index (Phi) is 7.54. The Morgan fingerprint density at radius 2 is 1.55 bits per heavy atom. The zero-order valence-electron chi connectivity index (χ0n) is 22.7. The number of ether oxygens (including phenoxy) is 1. The highest BCUT2D eigenvalue weighted by Gasteiger charge is 2.25. The number of anilines is 1. The average Bonchev–Trinajstić information content (AvgIpc) is 3.29. The fourth-order valence-electron chi connectivity index (χ4n) is 4.54. The highest BCUT2D eigenvalue weighted by atomic mass is 35.5. The summed E-state index contributed by atoms with van der Waals surface area (Å²) >= 11 is 5.95. The van der Waals surface area contributed by atoms with Gasteiger partial charge in [0.2, 0.25) is 5.88 Å². The van der Waals surface area contributed by atoms with Crippen LogP contribution in [0.25, 0.3) is 28.1 Å². The zero-order valence-corrected chi connectivity index (χ0v) is 23.4. The van der Waals surface area contributed by atoms with Crippen molar-refractivity contribution in [1.29, 1.82) is 0 Å². The minimum atomic E-state index is -0.449. The third-order valence-electron chi connectivity index (χ3n) is 6.72. The molecule has 5 aromatic rings. The van der Waals surface area contributed by atoms with E-state index in [9.17, 15) is 9.59 Å². The van der Waals surface area contributed by atoms with E-state index in [1.54, 1.807) is 28.9 Å².